The molecule has 0 radical (unpaired) electrons. The summed E-state index contributed by atoms with van der Waals surface area (Å²) in [6.45, 7) is 2.08. The Balaban J connectivity index is 0.00000420. The molecule has 11 heteroatoms. The molecule has 2 rings (SSSR count). The van der Waals surface area contributed by atoms with Crippen molar-refractivity contribution < 1.29 is 135 Å². The van der Waals surface area contributed by atoms with Crippen LogP contribution in [0.25, 0.3) is 0 Å². The third kappa shape index (κ3) is 10.8. The maximum absolute atomic E-state index is 11.1. The number of benzene rings is 2. The van der Waals surface area contributed by atoms with Gasteiger partial charge in [-0.1, -0.05) is 43.7 Å². The second-order valence-corrected chi connectivity index (χ2v) is 10.2. The van der Waals surface area contributed by atoms with Crippen LogP contribution in [0, 0.1) is 0 Å². The standard InChI is InChI=1S/C19H25O7PS.2K/c1-2-7-16-10-3-4-12-18(16)26-17-11-5-8-15(14-17)9-6-13-19(27(20,21)22)28(23,24)25;;/h3-5,8,10-12,14,19H,2,6-7,9,13H2,1H3,(H2,20,21,22)(H,23,24,25);;/q;2*+1/p-2. The molecule has 0 amide bonds. The van der Waals surface area contributed by atoms with E-state index in [2.05, 4.69) is 6.92 Å². The summed E-state index contributed by atoms with van der Waals surface area (Å²) in [6.07, 6.45) is 1.85. The fourth-order valence-electron chi connectivity index (χ4n) is 2.92. The molecule has 7 nitrogen and oxygen atoms in total. The zero-order valence-electron chi connectivity index (χ0n) is 17.5. The molecule has 30 heavy (non-hydrogen) atoms. The van der Waals surface area contributed by atoms with Crippen LogP contribution >= 0.6 is 7.94 Å². The summed E-state index contributed by atoms with van der Waals surface area (Å²) in [7, 11) is -10.4. The Morgan fingerprint density at radius 2 is 1.70 bits per heavy atom. The summed E-state index contributed by atoms with van der Waals surface area (Å²) >= 11 is 0. The van der Waals surface area contributed by atoms with Gasteiger partial charge >= 0.3 is 113 Å². The molecule has 0 aliphatic carbocycles. The monoisotopic (exact) mass is 504 g/mol. The number of ether oxygens (including phenoxy) is 1. The first-order valence-electron chi connectivity index (χ1n) is 8.94. The molecule has 1 unspecified atom stereocenters. The van der Waals surface area contributed by atoms with Gasteiger partial charge in [0.05, 0.1) is 0 Å². The molecule has 1 atom stereocenters. The van der Waals surface area contributed by atoms with Gasteiger partial charge in [0.1, 0.15) is 11.5 Å². The van der Waals surface area contributed by atoms with E-state index in [1.165, 1.54) is 0 Å². The van der Waals surface area contributed by atoms with E-state index in [-0.39, 0.29) is 109 Å². The van der Waals surface area contributed by atoms with Gasteiger partial charge in [-0.3, -0.25) is 4.55 Å². The largest absolute Gasteiger partial charge is 1.00 e. The van der Waals surface area contributed by atoms with E-state index in [9.17, 15) is 23.1 Å². The van der Waals surface area contributed by atoms with Crippen LogP contribution in [0.1, 0.15) is 37.3 Å². The average Bonchev–Trinajstić information content (AvgIpc) is 2.59. The SMILES string of the molecule is CCCc1ccccc1Oc1cccc(CCCC([P+]([O-])([O-])[O-])S(=O)(=O)O)c1.[K+].[K+]. The quantitative estimate of drug-likeness (QED) is 0.197. The molecular weight excluding hydrogens is 481 g/mol. The molecule has 0 fully saturated rings. The average molecular weight is 505 g/mol. The van der Waals surface area contributed by atoms with Crippen molar-refractivity contribution in [2.75, 3.05) is 0 Å². The maximum atomic E-state index is 11.1. The smallest absolute Gasteiger partial charge is 0.687 e. The van der Waals surface area contributed by atoms with E-state index >= 15 is 0 Å². The summed E-state index contributed by atoms with van der Waals surface area (Å²) in [4.78, 5) is 30.9. The van der Waals surface area contributed by atoms with Crippen LogP contribution in [0.3, 0.4) is 0 Å². The van der Waals surface area contributed by atoms with Crippen molar-refractivity contribution in [3.05, 3.63) is 59.7 Å². The van der Waals surface area contributed by atoms with Gasteiger partial charge in [0.25, 0.3) is 0 Å². The minimum atomic E-state index is -5.45. The zero-order chi connectivity index (χ0) is 20.8. The molecule has 154 valence electrons. The minimum absolute atomic E-state index is 0. The second kappa shape index (κ2) is 14.9. The normalized spacial score (nSPS) is 12.4. The van der Waals surface area contributed by atoms with Gasteiger partial charge in [0.15, 0.2) is 4.99 Å². The molecule has 0 aliphatic heterocycles. The van der Waals surface area contributed by atoms with Crippen molar-refractivity contribution in [1.82, 2.24) is 0 Å². The van der Waals surface area contributed by atoms with E-state index in [1.807, 2.05) is 24.3 Å². The summed E-state index contributed by atoms with van der Waals surface area (Å²) < 4.78 is 37.2. The van der Waals surface area contributed by atoms with Gasteiger partial charge in [0.2, 0.25) is 0 Å². The van der Waals surface area contributed by atoms with E-state index < -0.39 is 29.5 Å². The van der Waals surface area contributed by atoms with Gasteiger partial charge < -0.3 is 19.4 Å². The maximum Gasteiger partial charge on any atom is 1.00 e. The van der Waals surface area contributed by atoms with Gasteiger partial charge in [-0.25, -0.2) is 0 Å². The third-order valence-corrected chi connectivity index (χ3v) is 7.69. The number of hydrogen-bond acceptors (Lipinski definition) is 6. The molecule has 2 aromatic carbocycles. The second-order valence-electron chi connectivity index (χ2n) is 6.51. The van der Waals surface area contributed by atoms with Crippen LogP contribution in [0.15, 0.2) is 48.5 Å². The van der Waals surface area contributed by atoms with Gasteiger partial charge in [-0.15, -0.1) is 7.94 Å². The Bertz CT molecular complexity index is 888. The fraction of sp³-hybridized carbons (Fsp3) is 0.368. The molecule has 0 aromatic heterocycles. The number of aryl methyl sites for hydroxylation is 2. The number of para-hydroxylation sites is 1. The van der Waals surface area contributed by atoms with Crippen molar-refractivity contribution in [3.63, 3.8) is 0 Å². The predicted molar refractivity (Wildman–Crippen MR) is 102 cm³/mol. The molecule has 2 aromatic rings. The summed E-state index contributed by atoms with van der Waals surface area (Å²) in [5.74, 6) is 1.36. The Kier molecular flexibility index (Phi) is 15.7. The predicted octanol–water partition coefficient (Wildman–Crippen LogP) is -4.18. The molecule has 0 saturated heterocycles. The minimum Gasteiger partial charge on any atom is -0.687 e. The first-order valence-corrected chi connectivity index (χ1v) is 12.1. The van der Waals surface area contributed by atoms with Crippen LogP contribution in [-0.4, -0.2) is 18.0 Å². The zero-order valence-corrected chi connectivity index (χ0v) is 25.4. The molecule has 0 saturated carbocycles. The van der Waals surface area contributed by atoms with Crippen LogP contribution in [0.5, 0.6) is 11.5 Å². The number of rotatable bonds is 10. The Morgan fingerprint density at radius 3 is 2.30 bits per heavy atom. The first-order chi connectivity index (χ1) is 13.1. The number of hydrogen-bond donors (Lipinski definition) is 1. The van der Waals surface area contributed by atoms with Gasteiger partial charge in [0, 0.05) is 6.42 Å². The van der Waals surface area contributed by atoms with E-state index in [0.29, 0.717) is 12.2 Å². The van der Waals surface area contributed by atoms with Crippen molar-refractivity contribution >= 4 is 18.1 Å². The first kappa shape index (κ1) is 31.7. The molecule has 0 aliphatic rings. The molecular formula is C19H23K2O7PS. The van der Waals surface area contributed by atoms with E-state index in [4.69, 9.17) is 9.29 Å². The van der Waals surface area contributed by atoms with Crippen molar-refractivity contribution in [2.24, 2.45) is 0 Å². The van der Waals surface area contributed by atoms with Gasteiger partial charge in [-0.2, -0.15) is 8.42 Å². The van der Waals surface area contributed by atoms with Crippen LogP contribution < -0.4 is 122 Å². The topological polar surface area (TPSA) is 133 Å². The Hall–Kier alpha value is 1.73. The van der Waals surface area contributed by atoms with E-state index in [1.54, 1.807) is 24.3 Å². The molecule has 1 N–H and O–H groups in total. The Morgan fingerprint density at radius 1 is 1.03 bits per heavy atom. The molecule has 0 bridgehead atoms. The molecule has 0 spiro atoms. The summed E-state index contributed by atoms with van der Waals surface area (Å²) in [6, 6.07) is 14.9. The van der Waals surface area contributed by atoms with Gasteiger partial charge in [-0.05, 0) is 48.6 Å². The van der Waals surface area contributed by atoms with Crippen molar-refractivity contribution in [1.29, 1.82) is 0 Å². The van der Waals surface area contributed by atoms with Crippen molar-refractivity contribution in [2.45, 2.75) is 44.0 Å². The summed E-state index contributed by atoms with van der Waals surface area (Å²) in [5.41, 5.74) is 1.89. The summed E-state index contributed by atoms with van der Waals surface area (Å²) in [5, 5.41) is 0. The third-order valence-electron chi connectivity index (χ3n) is 4.23. The van der Waals surface area contributed by atoms with Crippen molar-refractivity contribution in [3.8, 4) is 11.5 Å². The fourth-order valence-corrected chi connectivity index (χ4v) is 5.19. The van der Waals surface area contributed by atoms with Crippen LogP contribution in [0.4, 0.5) is 0 Å². The molecule has 0 heterocycles. The van der Waals surface area contributed by atoms with Crippen LogP contribution in [-0.2, 0) is 23.0 Å². The Labute approximate surface area is 263 Å². The van der Waals surface area contributed by atoms with Crippen LogP contribution in [0.2, 0.25) is 0 Å². The van der Waals surface area contributed by atoms with E-state index in [0.717, 1.165) is 29.7 Å².